The monoisotopic (exact) mass is 518 g/mol. The summed E-state index contributed by atoms with van der Waals surface area (Å²) < 4.78 is 47.0. The highest BCUT2D eigenvalue weighted by molar-refractivity contribution is 7.53. The van der Waals surface area contributed by atoms with E-state index in [0.717, 1.165) is 34.9 Å². The maximum Gasteiger partial charge on any atom is 0.331 e. The van der Waals surface area contributed by atoms with E-state index in [-0.39, 0.29) is 12.8 Å². The summed E-state index contributed by atoms with van der Waals surface area (Å²) in [5.41, 5.74) is -2.19. The van der Waals surface area contributed by atoms with Crippen molar-refractivity contribution in [3.05, 3.63) is 105 Å². The molecule has 2 N–H and O–H groups in total. The maximum atomic E-state index is 15.5. The van der Waals surface area contributed by atoms with Gasteiger partial charge in [0.15, 0.2) is 11.9 Å². The molecule has 0 spiro atoms. The third-order valence-corrected chi connectivity index (χ3v) is 7.88. The van der Waals surface area contributed by atoms with Gasteiger partial charge in [-0.05, 0) is 24.5 Å². The Balaban J connectivity index is 1.48. The van der Waals surface area contributed by atoms with Crippen molar-refractivity contribution in [3.63, 3.8) is 0 Å². The lowest BCUT2D eigenvalue weighted by atomic mass is 9.98. The van der Waals surface area contributed by atoms with Crippen LogP contribution in [0, 0.1) is 0 Å². The Morgan fingerprint density at radius 3 is 2.33 bits per heavy atom. The lowest BCUT2D eigenvalue weighted by molar-refractivity contribution is -0.0597. The molecule has 9 nitrogen and oxygen atoms in total. The Bertz CT molecular complexity index is 1270. The van der Waals surface area contributed by atoms with E-state index in [1.54, 1.807) is 0 Å². The Hall–Kier alpha value is -2.88. The number of aliphatic hydroxyl groups is 1. The average molecular weight is 518 g/mol. The molecular weight excluding hydrogens is 490 g/mol. The highest BCUT2D eigenvalue weighted by Crippen LogP contribution is 2.51. The fourth-order valence-corrected chi connectivity index (χ4v) is 5.56. The van der Waals surface area contributed by atoms with Gasteiger partial charge in [0.05, 0.1) is 19.4 Å². The Labute approximate surface area is 207 Å². The maximum absolute atomic E-state index is 15.5. The summed E-state index contributed by atoms with van der Waals surface area (Å²) in [7, 11) is -3.71. The van der Waals surface area contributed by atoms with Crippen LogP contribution in [0.1, 0.15) is 24.3 Å². The third-order valence-electron chi connectivity index (χ3n) is 6.04. The summed E-state index contributed by atoms with van der Waals surface area (Å²) in [6.07, 6.45) is -2.90. The predicted molar refractivity (Wildman–Crippen MR) is 131 cm³/mol. The zero-order chi connectivity index (χ0) is 25.8. The molecule has 0 amide bonds. The first kappa shape index (κ1) is 26.2. The molecule has 0 saturated carbocycles. The van der Waals surface area contributed by atoms with Gasteiger partial charge in [-0.15, -0.1) is 0 Å². The lowest BCUT2D eigenvalue weighted by Crippen LogP contribution is -2.43. The van der Waals surface area contributed by atoms with Gasteiger partial charge in [0.1, 0.15) is 12.2 Å². The molecule has 36 heavy (non-hydrogen) atoms. The van der Waals surface area contributed by atoms with Crippen molar-refractivity contribution < 1.29 is 27.8 Å². The average Bonchev–Trinajstić information content (AvgIpc) is 3.10. The van der Waals surface area contributed by atoms with E-state index >= 15 is 4.39 Å². The van der Waals surface area contributed by atoms with Crippen molar-refractivity contribution in [2.24, 2.45) is 0 Å². The van der Waals surface area contributed by atoms with Crippen molar-refractivity contribution in [1.82, 2.24) is 9.55 Å². The number of halogens is 1. The highest BCUT2D eigenvalue weighted by atomic mass is 31.2. The molecule has 0 bridgehead atoms. The van der Waals surface area contributed by atoms with E-state index in [2.05, 4.69) is 0 Å². The molecule has 1 aliphatic rings. The minimum atomic E-state index is -3.71. The molecule has 5 atom stereocenters. The number of aromatic amines is 1. The van der Waals surface area contributed by atoms with Crippen LogP contribution in [0.15, 0.2) is 82.5 Å². The first-order valence-electron chi connectivity index (χ1n) is 11.5. The van der Waals surface area contributed by atoms with Gasteiger partial charge in [-0.25, -0.2) is 9.18 Å². The number of benzene rings is 2. The number of hydrogen-bond donors (Lipinski definition) is 2. The van der Waals surface area contributed by atoms with Gasteiger partial charge >= 0.3 is 13.3 Å². The number of aryl methyl sites for hydroxylation is 1. The molecule has 0 aliphatic carbocycles. The zero-order valence-electron chi connectivity index (χ0n) is 19.7. The molecule has 1 aliphatic heterocycles. The normalized spacial score (nSPS) is 25.5. The molecule has 2 aromatic carbocycles. The van der Waals surface area contributed by atoms with Gasteiger partial charge in [-0.1, -0.05) is 60.7 Å². The number of nitrogens with one attached hydrogen (secondary N) is 1. The number of alkyl halides is 1. The van der Waals surface area contributed by atoms with E-state index in [4.69, 9.17) is 13.8 Å². The first-order valence-corrected chi connectivity index (χ1v) is 13.2. The van der Waals surface area contributed by atoms with Crippen molar-refractivity contribution in [2.45, 2.75) is 44.1 Å². The molecule has 4 rings (SSSR count). The standard InChI is InChI=1S/C25H28FN2O7P/c1-25(26)22(30)20(35-23(25)28-14-12-21(29)27-24(28)31)17-34-36(32,15-13-18-8-4-2-5-9-18)33-16-19-10-6-3-7-11-19/h2-12,14,20,22-23,30H,13,15-17H2,1H3,(H,27,29,31). The molecule has 192 valence electrons. The second-order valence-corrected chi connectivity index (χ2v) is 11.0. The number of nitrogens with zero attached hydrogens (tertiary/aromatic N) is 1. The van der Waals surface area contributed by atoms with E-state index in [1.807, 2.05) is 65.6 Å². The number of rotatable bonds is 10. The van der Waals surface area contributed by atoms with Gasteiger partial charge < -0.3 is 18.9 Å². The number of aromatic nitrogens is 2. The predicted octanol–water partition coefficient (Wildman–Crippen LogP) is 3.19. The van der Waals surface area contributed by atoms with Gasteiger partial charge in [0, 0.05) is 12.3 Å². The molecule has 1 saturated heterocycles. The van der Waals surface area contributed by atoms with Crippen LogP contribution in [0.25, 0.3) is 0 Å². The Morgan fingerprint density at radius 2 is 1.69 bits per heavy atom. The smallest absolute Gasteiger partial charge is 0.331 e. The van der Waals surface area contributed by atoms with E-state index in [0.29, 0.717) is 6.42 Å². The van der Waals surface area contributed by atoms with Gasteiger partial charge in [-0.3, -0.25) is 18.9 Å². The summed E-state index contributed by atoms with van der Waals surface area (Å²) in [4.78, 5) is 25.6. The highest BCUT2D eigenvalue weighted by Gasteiger charge is 2.55. The van der Waals surface area contributed by atoms with Crippen LogP contribution in [0.4, 0.5) is 4.39 Å². The zero-order valence-corrected chi connectivity index (χ0v) is 20.6. The van der Waals surface area contributed by atoms with E-state index in [1.165, 1.54) is 0 Å². The molecule has 3 aromatic rings. The molecule has 5 unspecified atom stereocenters. The van der Waals surface area contributed by atoms with Crippen LogP contribution in [-0.4, -0.2) is 45.3 Å². The molecular formula is C25H28FN2O7P. The summed E-state index contributed by atoms with van der Waals surface area (Å²) in [6.45, 7) is 0.689. The van der Waals surface area contributed by atoms with Crippen LogP contribution in [0.5, 0.6) is 0 Å². The van der Waals surface area contributed by atoms with Crippen LogP contribution in [0.3, 0.4) is 0 Å². The minimum Gasteiger partial charge on any atom is -0.387 e. The van der Waals surface area contributed by atoms with Crippen LogP contribution in [-0.2, 0) is 31.4 Å². The van der Waals surface area contributed by atoms with Gasteiger partial charge in [0.25, 0.3) is 5.56 Å². The number of H-pyrrole nitrogens is 1. The van der Waals surface area contributed by atoms with E-state index < -0.39 is 49.6 Å². The van der Waals surface area contributed by atoms with Crippen molar-refractivity contribution in [2.75, 3.05) is 12.8 Å². The van der Waals surface area contributed by atoms with Crippen molar-refractivity contribution >= 4 is 7.60 Å². The molecule has 1 fully saturated rings. The minimum absolute atomic E-state index is 0.0389. The first-order chi connectivity index (χ1) is 17.2. The van der Waals surface area contributed by atoms with E-state index in [9.17, 15) is 19.3 Å². The summed E-state index contributed by atoms with van der Waals surface area (Å²) in [6, 6.07) is 19.6. The third kappa shape index (κ3) is 6.08. The number of hydrogen-bond acceptors (Lipinski definition) is 7. The molecule has 11 heteroatoms. The van der Waals surface area contributed by atoms with Crippen LogP contribution >= 0.6 is 7.60 Å². The molecule has 0 radical (unpaired) electrons. The molecule has 2 heterocycles. The topological polar surface area (TPSA) is 120 Å². The fraction of sp³-hybridized carbons (Fsp3) is 0.360. The van der Waals surface area contributed by atoms with Crippen molar-refractivity contribution in [1.29, 1.82) is 0 Å². The van der Waals surface area contributed by atoms with Gasteiger partial charge in [-0.2, -0.15) is 0 Å². The lowest BCUT2D eigenvalue weighted by Gasteiger charge is -2.24. The molecule has 1 aromatic heterocycles. The van der Waals surface area contributed by atoms with Crippen LogP contribution < -0.4 is 11.2 Å². The second-order valence-electron chi connectivity index (χ2n) is 8.77. The fourth-order valence-electron chi connectivity index (χ4n) is 3.97. The van der Waals surface area contributed by atoms with Crippen LogP contribution in [0.2, 0.25) is 0 Å². The Morgan fingerprint density at radius 1 is 1.06 bits per heavy atom. The SMILES string of the molecule is CC1(F)C(O)C(COP(=O)(CCc2ccccc2)OCc2ccccc2)OC1n1ccc(=O)[nH]c1=O. The van der Waals surface area contributed by atoms with Gasteiger partial charge in [0.2, 0.25) is 0 Å². The summed E-state index contributed by atoms with van der Waals surface area (Å²) in [5.74, 6) is 0. The number of ether oxygens (including phenoxy) is 1. The largest absolute Gasteiger partial charge is 0.387 e. The Kier molecular flexibility index (Phi) is 8.02. The van der Waals surface area contributed by atoms with Crippen molar-refractivity contribution in [3.8, 4) is 0 Å². The summed E-state index contributed by atoms with van der Waals surface area (Å²) >= 11 is 0. The second kappa shape index (κ2) is 11.0. The summed E-state index contributed by atoms with van der Waals surface area (Å²) in [5, 5.41) is 10.6. The quantitative estimate of drug-likeness (QED) is 0.396. The number of aliphatic hydroxyl groups excluding tert-OH is 1.